The van der Waals surface area contributed by atoms with Gasteiger partial charge in [0.1, 0.15) is 0 Å². The van der Waals surface area contributed by atoms with Gasteiger partial charge in [0.2, 0.25) is 0 Å². The molecule has 0 amide bonds. The van der Waals surface area contributed by atoms with Crippen LogP contribution < -0.4 is 5.32 Å². The first kappa shape index (κ1) is 11.4. The van der Waals surface area contributed by atoms with Gasteiger partial charge in [0, 0.05) is 45.8 Å². The van der Waals surface area contributed by atoms with Crippen LogP contribution in [0.3, 0.4) is 0 Å². The summed E-state index contributed by atoms with van der Waals surface area (Å²) in [5.74, 6) is 0.685. The third-order valence-electron chi connectivity index (χ3n) is 3.63. The number of likely N-dealkylation sites (tertiary alicyclic amines) is 1. The van der Waals surface area contributed by atoms with Gasteiger partial charge in [-0.2, -0.15) is 0 Å². The largest absolute Gasteiger partial charge is 0.375 e. The maximum absolute atomic E-state index is 5.76. The van der Waals surface area contributed by atoms with Crippen molar-refractivity contribution in [2.24, 2.45) is 11.3 Å². The maximum Gasteiger partial charge on any atom is 0.0980 e. The Bertz CT molecular complexity index is 236. The maximum atomic E-state index is 5.76. The minimum Gasteiger partial charge on any atom is -0.375 e. The van der Waals surface area contributed by atoms with E-state index in [1.807, 2.05) is 7.11 Å². The molecule has 0 aliphatic carbocycles. The first-order chi connectivity index (χ1) is 6.95. The number of fused-ring (bicyclic) bond motifs is 1. The standard InChI is InChI=1S/C12H24N2O/c1-11(2,3)8-14-6-10-5-13-7-12(10,9-14)15-4/h10,13H,5-9H2,1-4H3. The van der Waals surface area contributed by atoms with Gasteiger partial charge >= 0.3 is 0 Å². The van der Waals surface area contributed by atoms with Crippen LogP contribution in [0.2, 0.25) is 0 Å². The lowest BCUT2D eigenvalue weighted by Gasteiger charge is -2.29. The highest BCUT2D eigenvalue weighted by molar-refractivity contribution is 5.05. The molecule has 2 saturated heterocycles. The summed E-state index contributed by atoms with van der Waals surface area (Å²) in [4.78, 5) is 2.56. The Kier molecular flexibility index (Phi) is 2.82. The van der Waals surface area contributed by atoms with Crippen molar-refractivity contribution in [3.8, 4) is 0 Å². The van der Waals surface area contributed by atoms with Crippen LogP contribution in [-0.2, 0) is 4.74 Å². The molecule has 0 radical (unpaired) electrons. The molecule has 0 bridgehead atoms. The van der Waals surface area contributed by atoms with Gasteiger partial charge in [-0.25, -0.2) is 0 Å². The van der Waals surface area contributed by atoms with Crippen molar-refractivity contribution in [1.29, 1.82) is 0 Å². The molecule has 88 valence electrons. The van der Waals surface area contributed by atoms with Crippen molar-refractivity contribution in [2.75, 3.05) is 39.8 Å². The number of nitrogens with zero attached hydrogens (tertiary/aromatic N) is 1. The summed E-state index contributed by atoms with van der Waals surface area (Å²) >= 11 is 0. The summed E-state index contributed by atoms with van der Waals surface area (Å²) in [6.07, 6.45) is 0. The van der Waals surface area contributed by atoms with Gasteiger partial charge in [-0.3, -0.25) is 4.90 Å². The summed E-state index contributed by atoms with van der Waals surface area (Å²) < 4.78 is 5.76. The molecule has 2 atom stereocenters. The number of ether oxygens (including phenoxy) is 1. The Hall–Kier alpha value is -0.120. The van der Waals surface area contributed by atoms with Crippen molar-refractivity contribution < 1.29 is 4.74 Å². The lowest BCUT2D eigenvalue weighted by molar-refractivity contribution is -0.00711. The summed E-state index contributed by atoms with van der Waals surface area (Å²) in [7, 11) is 1.86. The molecule has 2 aliphatic heterocycles. The molecule has 2 unspecified atom stereocenters. The highest BCUT2D eigenvalue weighted by Crippen LogP contribution is 2.35. The first-order valence-corrected chi connectivity index (χ1v) is 5.93. The molecule has 3 heteroatoms. The Labute approximate surface area is 93.2 Å². The van der Waals surface area contributed by atoms with E-state index in [0.717, 1.165) is 19.6 Å². The minimum absolute atomic E-state index is 0.102. The van der Waals surface area contributed by atoms with Crippen LogP contribution in [-0.4, -0.2) is 50.3 Å². The number of methoxy groups -OCH3 is 1. The van der Waals surface area contributed by atoms with Crippen LogP contribution >= 0.6 is 0 Å². The van der Waals surface area contributed by atoms with Gasteiger partial charge in [-0.1, -0.05) is 20.8 Å². The van der Waals surface area contributed by atoms with Crippen LogP contribution in [0.5, 0.6) is 0 Å². The summed E-state index contributed by atoms with van der Waals surface area (Å²) in [5, 5.41) is 3.45. The predicted molar refractivity (Wildman–Crippen MR) is 62.0 cm³/mol. The van der Waals surface area contributed by atoms with E-state index in [1.54, 1.807) is 0 Å². The van der Waals surface area contributed by atoms with Gasteiger partial charge in [0.05, 0.1) is 5.60 Å². The van der Waals surface area contributed by atoms with E-state index >= 15 is 0 Å². The summed E-state index contributed by atoms with van der Waals surface area (Å²) in [6.45, 7) is 12.5. The fourth-order valence-electron chi connectivity index (χ4n) is 3.05. The number of hydrogen-bond donors (Lipinski definition) is 1. The van der Waals surface area contributed by atoms with Crippen molar-refractivity contribution in [3.63, 3.8) is 0 Å². The van der Waals surface area contributed by atoms with Gasteiger partial charge in [0.25, 0.3) is 0 Å². The highest BCUT2D eigenvalue weighted by atomic mass is 16.5. The smallest absolute Gasteiger partial charge is 0.0980 e. The van der Waals surface area contributed by atoms with E-state index in [0.29, 0.717) is 11.3 Å². The lowest BCUT2D eigenvalue weighted by atomic mass is 9.95. The van der Waals surface area contributed by atoms with E-state index in [9.17, 15) is 0 Å². The zero-order chi connectivity index (χ0) is 11.1. The SMILES string of the molecule is COC12CNCC1CN(CC(C)(C)C)C2. The van der Waals surface area contributed by atoms with Crippen LogP contribution in [0, 0.1) is 11.3 Å². The second-order valence-electron chi connectivity index (χ2n) is 6.33. The molecular weight excluding hydrogens is 188 g/mol. The fraction of sp³-hybridized carbons (Fsp3) is 1.00. The Morgan fingerprint density at radius 2 is 2.20 bits per heavy atom. The molecule has 0 aromatic rings. The minimum atomic E-state index is 0.102. The lowest BCUT2D eigenvalue weighted by Crippen LogP contribution is -2.42. The quantitative estimate of drug-likeness (QED) is 0.737. The molecule has 0 saturated carbocycles. The fourth-order valence-corrected chi connectivity index (χ4v) is 3.05. The molecule has 3 nitrogen and oxygen atoms in total. The average Bonchev–Trinajstić information content (AvgIpc) is 2.57. The van der Waals surface area contributed by atoms with Gasteiger partial charge < -0.3 is 10.1 Å². The molecule has 0 aromatic carbocycles. The first-order valence-electron chi connectivity index (χ1n) is 5.93. The molecule has 0 spiro atoms. The van der Waals surface area contributed by atoms with Crippen LogP contribution in [0.25, 0.3) is 0 Å². The van der Waals surface area contributed by atoms with Crippen molar-refractivity contribution in [3.05, 3.63) is 0 Å². The number of rotatable bonds is 2. The molecule has 15 heavy (non-hydrogen) atoms. The Morgan fingerprint density at radius 3 is 2.73 bits per heavy atom. The van der Waals surface area contributed by atoms with Crippen molar-refractivity contribution in [1.82, 2.24) is 10.2 Å². The molecule has 2 fully saturated rings. The molecule has 0 aromatic heterocycles. The third-order valence-corrected chi connectivity index (χ3v) is 3.63. The van der Waals surface area contributed by atoms with Gasteiger partial charge in [-0.15, -0.1) is 0 Å². The van der Waals surface area contributed by atoms with E-state index in [2.05, 4.69) is 31.0 Å². The van der Waals surface area contributed by atoms with Crippen molar-refractivity contribution in [2.45, 2.75) is 26.4 Å². The van der Waals surface area contributed by atoms with Gasteiger partial charge in [0.15, 0.2) is 0 Å². The monoisotopic (exact) mass is 212 g/mol. The zero-order valence-electron chi connectivity index (χ0n) is 10.5. The summed E-state index contributed by atoms with van der Waals surface area (Å²) in [6, 6.07) is 0. The van der Waals surface area contributed by atoms with Crippen LogP contribution in [0.1, 0.15) is 20.8 Å². The van der Waals surface area contributed by atoms with Crippen LogP contribution in [0.4, 0.5) is 0 Å². The van der Waals surface area contributed by atoms with Gasteiger partial charge in [-0.05, 0) is 5.41 Å². The number of nitrogens with one attached hydrogen (secondary N) is 1. The highest BCUT2D eigenvalue weighted by Gasteiger charge is 2.50. The third kappa shape index (κ3) is 2.19. The predicted octanol–water partition coefficient (Wildman–Crippen LogP) is 0.953. The molecule has 1 N–H and O–H groups in total. The number of hydrogen-bond acceptors (Lipinski definition) is 3. The van der Waals surface area contributed by atoms with E-state index in [4.69, 9.17) is 4.74 Å². The van der Waals surface area contributed by atoms with E-state index in [-0.39, 0.29) is 5.60 Å². The molecular formula is C12H24N2O. The molecule has 2 aliphatic rings. The Morgan fingerprint density at radius 1 is 1.47 bits per heavy atom. The molecule has 2 rings (SSSR count). The van der Waals surface area contributed by atoms with E-state index < -0.39 is 0 Å². The Balaban J connectivity index is 1.99. The average molecular weight is 212 g/mol. The normalized spacial score (nSPS) is 37.2. The zero-order valence-corrected chi connectivity index (χ0v) is 10.5. The second-order valence-corrected chi connectivity index (χ2v) is 6.33. The van der Waals surface area contributed by atoms with Crippen molar-refractivity contribution >= 4 is 0 Å². The topological polar surface area (TPSA) is 24.5 Å². The van der Waals surface area contributed by atoms with E-state index in [1.165, 1.54) is 13.1 Å². The summed E-state index contributed by atoms with van der Waals surface area (Å²) in [5.41, 5.74) is 0.492. The molecule has 2 heterocycles. The second kappa shape index (κ2) is 3.72. The van der Waals surface area contributed by atoms with Crippen LogP contribution in [0.15, 0.2) is 0 Å².